The molecule has 0 aliphatic heterocycles. The van der Waals surface area contributed by atoms with Crippen molar-refractivity contribution in [2.75, 3.05) is 7.11 Å². The number of hydrogen-bond acceptors (Lipinski definition) is 4. The highest BCUT2D eigenvalue weighted by molar-refractivity contribution is 6.69. The van der Waals surface area contributed by atoms with Crippen molar-refractivity contribution >= 4 is 8.56 Å². The fraction of sp³-hybridized carbons (Fsp3) is 1.00. The van der Waals surface area contributed by atoms with Crippen LogP contribution in [-0.2, 0) is 4.43 Å². The van der Waals surface area contributed by atoms with Crippen molar-refractivity contribution < 1.29 is 9.22 Å². The lowest BCUT2D eigenvalue weighted by molar-refractivity contribution is 0.261. The minimum Gasteiger partial charge on any atom is -0.409 e. The van der Waals surface area contributed by atoms with E-state index >= 15 is 0 Å². The van der Waals surface area contributed by atoms with Gasteiger partial charge >= 0.3 is 8.56 Å². The van der Waals surface area contributed by atoms with Gasteiger partial charge in [0.25, 0.3) is 0 Å². The van der Waals surface area contributed by atoms with Crippen molar-refractivity contribution in [1.29, 1.82) is 0 Å². The molecule has 3 atom stereocenters. The maximum atomic E-state index is 9.83. The second kappa shape index (κ2) is 4.17. The molecule has 0 aliphatic carbocycles. The molecule has 0 radical (unpaired) electrons. The smallest absolute Gasteiger partial charge is 0.369 e. The zero-order chi connectivity index (χ0) is 9.07. The van der Waals surface area contributed by atoms with E-state index in [0.717, 1.165) is 0 Å². The predicted octanol–water partition coefficient (Wildman–Crippen LogP) is -0.770. The first-order valence-electron chi connectivity index (χ1n) is 3.77. The van der Waals surface area contributed by atoms with Crippen LogP contribution in [0.15, 0.2) is 0 Å². The molecule has 68 valence electrons. The third-order valence-corrected chi connectivity index (χ3v) is 5.38. The quantitative estimate of drug-likeness (QED) is 0.494. The Morgan fingerprint density at radius 3 is 2.09 bits per heavy atom. The highest BCUT2D eigenvalue weighted by Crippen LogP contribution is 2.10. The fourth-order valence-electron chi connectivity index (χ4n) is 0.967. The molecule has 0 saturated heterocycles. The van der Waals surface area contributed by atoms with E-state index in [2.05, 4.69) is 0 Å². The molecular formula is C6H18N2O2Si. The summed E-state index contributed by atoms with van der Waals surface area (Å²) >= 11 is 0. The molecule has 0 bridgehead atoms. The zero-order valence-electron chi connectivity index (χ0n) is 7.37. The van der Waals surface area contributed by atoms with Gasteiger partial charge < -0.3 is 20.7 Å². The van der Waals surface area contributed by atoms with Crippen LogP contribution in [0, 0.1) is 0 Å². The van der Waals surface area contributed by atoms with Crippen molar-refractivity contribution in [1.82, 2.24) is 0 Å². The highest BCUT2D eigenvalue weighted by Gasteiger charge is 2.42. The second-order valence-corrected chi connectivity index (χ2v) is 6.32. The van der Waals surface area contributed by atoms with Crippen LogP contribution in [-0.4, -0.2) is 31.8 Å². The van der Waals surface area contributed by atoms with Gasteiger partial charge in [-0.15, -0.1) is 0 Å². The molecule has 0 aromatic rings. The Labute approximate surface area is 68.8 Å². The van der Waals surface area contributed by atoms with E-state index in [-0.39, 0.29) is 11.3 Å². The first kappa shape index (κ1) is 11.1. The normalized spacial score (nSPS) is 22.4. The lowest BCUT2D eigenvalue weighted by atomic mass is 10.5. The van der Waals surface area contributed by atoms with Crippen molar-refractivity contribution in [3.05, 3.63) is 0 Å². The lowest BCUT2D eigenvalue weighted by Gasteiger charge is -2.31. The summed E-state index contributed by atoms with van der Waals surface area (Å²) in [5.74, 6) is 0. The third kappa shape index (κ3) is 2.24. The summed E-state index contributed by atoms with van der Waals surface area (Å²) in [7, 11) is -1.39. The molecule has 3 unspecified atom stereocenters. The van der Waals surface area contributed by atoms with Crippen LogP contribution in [0.2, 0.25) is 0 Å². The largest absolute Gasteiger partial charge is 0.409 e. The monoisotopic (exact) mass is 178 g/mol. The van der Waals surface area contributed by atoms with E-state index in [1.54, 1.807) is 6.92 Å². The van der Waals surface area contributed by atoms with Crippen LogP contribution >= 0.6 is 0 Å². The Hall–Kier alpha value is 0.0569. The van der Waals surface area contributed by atoms with Gasteiger partial charge in [-0.2, -0.15) is 0 Å². The van der Waals surface area contributed by atoms with Gasteiger partial charge in [0.2, 0.25) is 0 Å². The van der Waals surface area contributed by atoms with Gasteiger partial charge in [0.05, 0.1) is 0 Å². The van der Waals surface area contributed by atoms with Gasteiger partial charge in [-0.1, -0.05) is 6.92 Å². The summed E-state index contributed by atoms with van der Waals surface area (Å²) in [6, 6.07) is 0. The lowest BCUT2D eigenvalue weighted by Crippen LogP contribution is -2.65. The molecule has 11 heavy (non-hydrogen) atoms. The molecule has 0 spiro atoms. The van der Waals surface area contributed by atoms with Crippen molar-refractivity contribution in [2.45, 2.75) is 31.6 Å². The molecule has 0 saturated carbocycles. The Balaban J connectivity index is 4.32. The minimum atomic E-state index is -2.85. The maximum Gasteiger partial charge on any atom is 0.369 e. The van der Waals surface area contributed by atoms with Crippen LogP contribution in [0.5, 0.6) is 0 Å². The minimum absolute atomic E-state index is 0.299. The SMILES string of the molecule is CCC(N)[Si](O)(OC)C(C)N. The highest BCUT2D eigenvalue weighted by atomic mass is 28.4. The molecular weight excluding hydrogens is 160 g/mol. The Morgan fingerprint density at radius 2 is 2.00 bits per heavy atom. The van der Waals surface area contributed by atoms with Crippen LogP contribution in [0.25, 0.3) is 0 Å². The van der Waals surface area contributed by atoms with Gasteiger partial charge in [-0.05, 0) is 13.3 Å². The average Bonchev–Trinajstić information content (AvgIpc) is 2.01. The summed E-state index contributed by atoms with van der Waals surface area (Å²) in [6.45, 7) is 3.63. The number of nitrogens with two attached hydrogens (primary N) is 2. The van der Waals surface area contributed by atoms with E-state index in [9.17, 15) is 4.80 Å². The summed E-state index contributed by atoms with van der Waals surface area (Å²) < 4.78 is 5.00. The van der Waals surface area contributed by atoms with Crippen molar-refractivity contribution in [3.63, 3.8) is 0 Å². The first-order valence-corrected chi connectivity index (χ1v) is 5.78. The predicted molar refractivity (Wildman–Crippen MR) is 46.9 cm³/mol. The molecule has 5 heteroatoms. The maximum absolute atomic E-state index is 9.83. The zero-order valence-corrected chi connectivity index (χ0v) is 8.37. The van der Waals surface area contributed by atoms with E-state index in [4.69, 9.17) is 15.9 Å². The molecule has 5 N–H and O–H groups in total. The van der Waals surface area contributed by atoms with Gasteiger partial charge in [0, 0.05) is 18.4 Å². The fourth-order valence-corrected chi connectivity index (χ4v) is 2.90. The first-order chi connectivity index (χ1) is 4.99. The molecule has 0 aromatic heterocycles. The van der Waals surface area contributed by atoms with E-state index in [0.29, 0.717) is 6.42 Å². The molecule has 0 amide bonds. The summed E-state index contributed by atoms with van der Waals surface area (Å²) in [5, 5.41) is 0. The third-order valence-electron chi connectivity index (χ3n) is 1.95. The van der Waals surface area contributed by atoms with Crippen molar-refractivity contribution in [2.24, 2.45) is 11.5 Å². The van der Waals surface area contributed by atoms with Crippen LogP contribution in [0.1, 0.15) is 20.3 Å². The molecule has 4 nitrogen and oxygen atoms in total. The van der Waals surface area contributed by atoms with E-state index in [1.807, 2.05) is 6.92 Å². The molecule has 0 rings (SSSR count). The van der Waals surface area contributed by atoms with Gasteiger partial charge in [-0.25, -0.2) is 0 Å². The Kier molecular flexibility index (Phi) is 4.20. The second-order valence-electron chi connectivity index (χ2n) is 2.76. The van der Waals surface area contributed by atoms with Gasteiger partial charge in [0.1, 0.15) is 0 Å². The van der Waals surface area contributed by atoms with Crippen LogP contribution in [0.4, 0.5) is 0 Å². The van der Waals surface area contributed by atoms with Gasteiger partial charge in [-0.3, -0.25) is 0 Å². The standard InChI is InChI=1S/C6H18N2O2Si/c1-4-6(8)11(9,10-3)5(2)7/h5-6,9H,4,7-8H2,1-3H3. The van der Waals surface area contributed by atoms with E-state index < -0.39 is 8.56 Å². The van der Waals surface area contributed by atoms with Crippen LogP contribution < -0.4 is 11.5 Å². The number of hydrogen-bond donors (Lipinski definition) is 3. The molecule has 0 aromatic carbocycles. The molecule has 0 aliphatic rings. The number of rotatable bonds is 4. The Bertz CT molecular complexity index is 123. The van der Waals surface area contributed by atoms with Crippen LogP contribution in [0.3, 0.4) is 0 Å². The van der Waals surface area contributed by atoms with E-state index in [1.165, 1.54) is 7.11 Å². The summed E-state index contributed by atoms with van der Waals surface area (Å²) in [6.07, 6.45) is 0.693. The average molecular weight is 178 g/mol. The van der Waals surface area contributed by atoms with Gasteiger partial charge in [0.15, 0.2) is 0 Å². The van der Waals surface area contributed by atoms with Crippen molar-refractivity contribution in [3.8, 4) is 0 Å². The molecule has 0 fully saturated rings. The molecule has 0 heterocycles. The summed E-state index contributed by atoms with van der Waals surface area (Å²) in [5.41, 5.74) is 10.6. The summed E-state index contributed by atoms with van der Waals surface area (Å²) in [4.78, 5) is 9.83. The topological polar surface area (TPSA) is 81.5 Å². The Morgan fingerprint density at radius 1 is 1.55 bits per heavy atom.